The van der Waals surface area contributed by atoms with Crippen LogP contribution in [-0.2, 0) is 19.1 Å². The van der Waals surface area contributed by atoms with Gasteiger partial charge in [-0.3, -0.25) is 30.7 Å². The van der Waals surface area contributed by atoms with Gasteiger partial charge in [0, 0.05) is 6.61 Å². The Hall–Kier alpha value is -1.67. The number of hydrogen-bond acceptors (Lipinski definition) is 5. The molecule has 20 heavy (non-hydrogen) atoms. The number of ether oxygens (including phenoxy) is 1. The molecule has 8 heteroatoms. The molecule has 1 spiro atoms. The molecule has 110 valence electrons. The monoisotopic (exact) mass is 282 g/mol. The largest absolute Gasteiger partial charge is 0.375 e. The van der Waals surface area contributed by atoms with E-state index in [2.05, 4.69) is 21.7 Å². The van der Waals surface area contributed by atoms with Crippen LogP contribution in [0.2, 0.25) is 0 Å². The van der Waals surface area contributed by atoms with Gasteiger partial charge in [0.2, 0.25) is 11.8 Å². The number of nitrogens with one attached hydrogen (secondary N) is 4. The van der Waals surface area contributed by atoms with Crippen LogP contribution in [0.1, 0.15) is 26.7 Å². The molecule has 3 unspecified atom stereocenters. The van der Waals surface area contributed by atoms with Crippen molar-refractivity contribution in [2.75, 3.05) is 6.61 Å². The molecule has 3 rings (SSSR count). The van der Waals surface area contributed by atoms with Crippen molar-refractivity contribution in [3.63, 3.8) is 0 Å². The van der Waals surface area contributed by atoms with E-state index < -0.39 is 34.8 Å². The molecule has 3 aliphatic heterocycles. The molecule has 3 saturated heterocycles. The van der Waals surface area contributed by atoms with Crippen LogP contribution >= 0.6 is 0 Å². The lowest BCUT2D eigenvalue weighted by atomic mass is 9.65. The van der Waals surface area contributed by atoms with Gasteiger partial charge in [-0.25, -0.2) is 5.43 Å². The minimum atomic E-state index is -1.00. The fourth-order valence-electron chi connectivity index (χ4n) is 3.54. The fraction of sp³-hybridized carbons (Fsp3) is 0.750. The molecule has 3 fully saturated rings. The maximum absolute atomic E-state index is 12.2. The third kappa shape index (κ3) is 1.87. The zero-order valence-electron chi connectivity index (χ0n) is 11.4. The van der Waals surface area contributed by atoms with Crippen LogP contribution in [0.15, 0.2) is 0 Å². The van der Waals surface area contributed by atoms with E-state index >= 15 is 0 Å². The van der Waals surface area contributed by atoms with Gasteiger partial charge in [0.15, 0.2) is 0 Å². The molecule has 3 amide bonds. The molecule has 4 N–H and O–H groups in total. The summed E-state index contributed by atoms with van der Waals surface area (Å²) < 4.78 is 5.68. The first kappa shape index (κ1) is 13.3. The average molecular weight is 282 g/mol. The Kier molecular flexibility index (Phi) is 2.77. The van der Waals surface area contributed by atoms with E-state index in [1.165, 1.54) is 0 Å². The summed E-state index contributed by atoms with van der Waals surface area (Å²) in [4.78, 5) is 36.1. The first-order valence-electron chi connectivity index (χ1n) is 6.65. The molecule has 0 aromatic carbocycles. The zero-order chi connectivity index (χ0) is 14.5. The highest BCUT2D eigenvalue weighted by Crippen LogP contribution is 2.42. The van der Waals surface area contributed by atoms with Gasteiger partial charge in [0.1, 0.15) is 5.92 Å². The summed E-state index contributed by atoms with van der Waals surface area (Å²) in [6.45, 7) is 4.33. The van der Waals surface area contributed by atoms with Gasteiger partial charge in [0.25, 0.3) is 5.91 Å². The van der Waals surface area contributed by atoms with Crippen molar-refractivity contribution in [3.05, 3.63) is 0 Å². The van der Waals surface area contributed by atoms with Crippen molar-refractivity contribution < 1.29 is 19.1 Å². The number of amides is 3. The lowest BCUT2D eigenvalue weighted by molar-refractivity contribution is -0.169. The number of fused-ring (bicyclic) bond motifs is 2. The number of hydrazine groups is 2. The molecule has 0 aliphatic carbocycles. The minimum Gasteiger partial charge on any atom is -0.375 e. The van der Waals surface area contributed by atoms with Crippen molar-refractivity contribution in [2.24, 2.45) is 11.8 Å². The van der Waals surface area contributed by atoms with Crippen LogP contribution in [0.5, 0.6) is 0 Å². The van der Waals surface area contributed by atoms with Crippen LogP contribution in [0, 0.1) is 11.8 Å². The maximum atomic E-state index is 12.2. The Morgan fingerprint density at radius 3 is 2.40 bits per heavy atom. The Morgan fingerprint density at radius 2 is 1.70 bits per heavy atom. The highest BCUT2D eigenvalue weighted by atomic mass is 16.5. The number of hydrogen-bond donors (Lipinski definition) is 4. The van der Waals surface area contributed by atoms with Gasteiger partial charge in [-0.2, -0.15) is 0 Å². The smallest absolute Gasteiger partial charge is 0.251 e. The Morgan fingerprint density at radius 1 is 1.05 bits per heavy atom. The molecule has 0 saturated carbocycles. The topological polar surface area (TPSA) is 109 Å². The molecule has 3 aliphatic rings. The van der Waals surface area contributed by atoms with E-state index in [-0.39, 0.29) is 5.91 Å². The molecule has 0 bridgehead atoms. The number of carbonyl (C=O) groups is 3. The number of rotatable bonds is 0. The minimum absolute atomic E-state index is 0.338. The first-order valence-corrected chi connectivity index (χ1v) is 6.65. The van der Waals surface area contributed by atoms with E-state index in [4.69, 9.17) is 4.74 Å². The van der Waals surface area contributed by atoms with Gasteiger partial charge in [-0.15, -0.1) is 0 Å². The standard InChI is InChI=1S/C12H18N4O4/c1-11(2)5-12(3-4-20-11)7-6(9(18)15-16-12)8(17)13-14-10(7)19/h6-7,16H,3-5H2,1-2H3,(H,13,17)(H,14,19)(H,15,18). The van der Waals surface area contributed by atoms with Crippen LogP contribution in [0.3, 0.4) is 0 Å². The summed E-state index contributed by atoms with van der Waals surface area (Å²) in [5, 5.41) is 0. The second-order valence-electron chi connectivity index (χ2n) is 6.24. The molecule has 0 aromatic heterocycles. The summed E-state index contributed by atoms with van der Waals surface area (Å²) in [5.74, 6) is -3.02. The summed E-state index contributed by atoms with van der Waals surface area (Å²) >= 11 is 0. The molecule has 3 atom stereocenters. The van der Waals surface area contributed by atoms with Crippen LogP contribution < -0.4 is 21.7 Å². The van der Waals surface area contributed by atoms with Gasteiger partial charge < -0.3 is 4.74 Å². The predicted octanol–water partition coefficient (Wildman–Crippen LogP) is -1.66. The zero-order valence-corrected chi connectivity index (χ0v) is 11.4. The van der Waals surface area contributed by atoms with Crippen molar-refractivity contribution in [2.45, 2.75) is 37.8 Å². The van der Waals surface area contributed by atoms with Gasteiger partial charge in [-0.1, -0.05) is 0 Å². The SMILES string of the molecule is CC1(C)CC2(CCO1)NNC(=O)C1C(=O)NNC(=O)C12. The number of carbonyl (C=O) groups excluding carboxylic acids is 3. The van der Waals surface area contributed by atoms with Crippen molar-refractivity contribution in [3.8, 4) is 0 Å². The van der Waals surface area contributed by atoms with E-state index in [0.29, 0.717) is 19.4 Å². The van der Waals surface area contributed by atoms with Crippen molar-refractivity contribution in [1.29, 1.82) is 0 Å². The Bertz CT molecular complexity index is 484. The van der Waals surface area contributed by atoms with Gasteiger partial charge in [-0.05, 0) is 26.7 Å². The maximum Gasteiger partial charge on any atom is 0.251 e. The first-order chi connectivity index (χ1) is 9.35. The summed E-state index contributed by atoms with van der Waals surface area (Å²) in [5.41, 5.74) is 9.02. The van der Waals surface area contributed by atoms with Crippen LogP contribution in [0.25, 0.3) is 0 Å². The van der Waals surface area contributed by atoms with Crippen molar-refractivity contribution >= 4 is 17.7 Å². The average Bonchev–Trinajstić information content (AvgIpc) is 2.36. The third-order valence-electron chi connectivity index (χ3n) is 4.30. The molecule has 8 nitrogen and oxygen atoms in total. The highest BCUT2D eigenvalue weighted by molar-refractivity contribution is 6.08. The van der Waals surface area contributed by atoms with E-state index in [1.807, 2.05) is 13.8 Å². The molecule has 0 aromatic rings. The predicted molar refractivity (Wildman–Crippen MR) is 66.5 cm³/mol. The summed E-state index contributed by atoms with van der Waals surface area (Å²) in [6, 6.07) is 0. The van der Waals surface area contributed by atoms with Gasteiger partial charge >= 0.3 is 0 Å². The summed E-state index contributed by atoms with van der Waals surface area (Å²) in [7, 11) is 0. The fourth-order valence-corrected chi connectivity index (χ4v) is 3.54. The Balaban J connectivity index is 2.00. The second-order valence-corrected chi connectivity index (χ2v) is 6.24. The van der Waals surface area contributed by atoms with Crippen LogP contribution in [-0.4, -0.2) is 35.5 Å². The van der Waals surface area contributed by atoms with E-state index in [0.717, 1.165) is 0 Å². The molecular formula is C12H18N4O4. The third-order valence-corrected chi connectivity index (χ3v) is 4.30. The lowest BCUT2D eigenvalue weighted by Crippen LogP contribution is -2.77. The molecule has 3 heterocycles. The van der Waals surface area contributed by atoms with Crippen LogP contribution in [0.4, 0.5) is 0 Å². The molecular weight excluding hydrogens is 264 g/mol. The highest BCUT2D eigenvalue weighted by Gasteiger charge is 2.59. The summed E-state index contributed by atoms with van der Waals surface area (Å²) in [6.07, 6.45) is 1.08. The van der Waals surface area contributed by atoms with E-state index in [1.54, 1.807) is 0 Å². The van der Waals surface area contributed by atoms with E-state index in [9.17, 15) is 14.4 Å². The quantitative estimate of drug-likeness (QED) is 0.398. The van der Waals surface area contributed by atoms with Crippen molar-refractivity contribution in [1.82, 2.24) is 21.7 Å². The van der Waals surface area contributed by atoms with Gasteiger partial charge in [0.05, 0.1) is 17.1 Å². The normalized spacial score (nSPS) is 39.6. The Labute approximate surface area is 115 Å². The molecule has 0 radical (unpaired) electrons. The lowest BCUT2D eigenvalue weighted by Gasteiger charge is -2.53. The second kappa shape index (κ2) is 4.16.